The Morgan fingerprint density at radius 1 is 1.31 bits per heavy atom. The number of carboxylic acids is 1. The van der Waals surface area contributed by atoms with Crippen molar-refractivity contribution in [2.24, 2.45) is 0 Å². The number of phenolic OH excluding ortho intramolecular Hbond substituents is 1. The number of hydrogen-bond acceptors (Lipinski definition) is 2. The summed E-state index contributed by atoms with van der Waals surface area (Å²) in [6, 6.07) is 6.65. The zero-order chi connectivity index (χ0) is 12.1. The number of carboxylic acid groups (broad SMARTS) is 1. The van der Waals surface area contributed by atoms with Crippen LogP contribution in [0.4, 0.5) is 0 Å². The van der Waals surface area contributed by atoms with Crippen molar-refractivity contribution in [2.75, 3.05) is 0 Å². The van der Waals surface area contributed by atoms with Crippen LogP contribution < -0.4 is 0 Å². The van der Waals surface area contributed by atoms with Crippen molar-refractivity contribution < 1.29 is 15.0 Å². The molecule has 86 valence electrons. The Morgan fingerprint density at radius 2 is 1.88 bits per heavy atom. The Hall–Kier alpha value is -1.77. The van der Waals surface area contributed by atoms with Crippen LogP contribution in [0.2, 0.25) is 0 Å². The molecule has 2 N–H and O–H groups in total. The molecule has 0 aliphatic carbocycles. The van der Waals surface area contributed by atoms with Gasteiger partial charge >= 0.3 is 5.97 Å². The zero-order valence-electron chi connectivity index (χ0n) is 9.47. The first-order valence-corrected chi connectivity index (χ1v) is 5.15. The quantitative estimate of drug-likeness (QED) is 0.767. The van der Waals surface area contributed by atoms with Crippen LogP contribution in [0.25, 0.3) is 0 Å². The first-order chi connectivity index (χ1) is 7.49. The van der Waals surface area contributed by atoms with Crippen molar-refractivity contribution in [2.45, 2.75) is 26.2 Å². The van der Waals surface area contributed by atoms with Crippen LogP contribution in [0.5, 0.6) is 5.75 Å². The third kappa shape index (κ3) is 3.77. The number of hydrogen-bond donors (Lipinski definition) is 2. The molecule has 1 unspecified atom stereocenters. The van der Waals surface area contributed by atoms with E-state index in [4.69, 9.17) is 5.11 Å². The Morgan fingerprint density at radius 3 is 2.31 bits per heavy atom. The van der Waals surface area contributed by atoms with Gasteiger partial charge in [-0.25, -0.2) is 0 Å². The maximum absolute atomic E-state index is 10.8. The summed E-state index contributed by atoms with van der Waals surface area (Å²) < 4.78 is 0. The van der Waals surface area contributed by atoms with E-state index >= 15 is 0 Å². The van der Waals surface area contributed by atoms with Crippen LogP contribution in [-0.4, -0.2) is 16.2 Å². The molecule has 0 radical (unpaired) electrons. The van der Waals surface area contributed by atoms with Crippen molar-refractivity contribution >= 4 is 5.97 Å². The minimum absolute atomic E-state index is 0.0654. The molecule has 3 nitrogen and oxygen atoms in total. The molecular weight excluding hydrogens is 204 g/mol. The molecule has 0 bridgehead atoms. The smallest absolute Gasteiger partial charge is 0.304 e. The standard InChI is InChI=1S/C13H16O3/c1-9(2)7-11(8-13(15)16)10-3-5-12(14)6-4-10/h3-7,11,14H,8H2,1-2H3,(H,15,16). The second-order valence-electron chi connectivity index (χ2n) is 4.04. The summed E-state index contributed by atoms with van der Waals surface area (Å²) in [7, 11) is 0. The van der Waals surface area contributed by atoms with Crippen molar-refractivity contribution in [1.29, 1.82) is 0 Å². The fraction of sp³-hybridized carbons (Fsp3) is 0.308. The molecule has 0 aliphatic rings. The van der Waals surface area contributed by atoms with Crippen LogP contribution in [0.3, 0.4) is 0 Å². The first kappa shape index (κ1) is 12.3. The van der Waals surface area contributed by atoms with E-state index in [0.29, 0.717) is 0 Å². The van der Waals surface area contributed by atoms with Gasteiger partial charge in [-0.05, 0) is 31.5 Å². The predicted molar refractivity (Wildman–Crippen MR) is 62.5 cm³/mol. The third-order valence-electron chi connectivity index (χ3n) is 2.25. The molecule has 0 saturated heterocycles. The molecule has 0 spiro atoms. The first-order valence-electron chi connectivity index (χ1n) is 5.15. The second kappa shape index (κ2) is 5.35. The second-order valence-corrected chi connectivity index (χ2v) is 4.04. The van der Waals surface area contributed by atoms with Gasteiger partial charge in [-0.3, -0.25) is 4.79 Å². The van der Waals surface area contributed by atoms with E-state index in [1.807, 2.05) is 19.9 Å². The van der Waals surface area contributed by atoms with Crippen molar-refractivity contribution in [3.05, 3.63) is 41.5 Å². The van der Waals surface area contributed by atoms with Gasteiger partial charge in [0.05, 0.1) is 6.42 Å². The van der Waals surface area contributed by atoms with Crippen LogP contribution in [0.1, 0.15) is 31.7 Å². The summed E-state index contributed by atoms with van der Waals surface area (Å²) in [5.74, 6) is -0.770. The number of phenols is 1. The largest absolute Gasteiger partial charge is 0.508 e. The number of aromatic hydroxyl groups is 1. The fourth-order valence-corrected chi connectivity index (χ4v) is 1.59. The Balaban J connectivity index is 2.96. The number of allylic oxidation sites excluding steroid dienone is 2. The van der Waals surface area contributed by atoms with Gasteiger partial charge in [-0.1, -0.05) is 23.8 Å². The number of aliphatic carboxylic acids is 1. The van der Waals surface area contributed by atoms with E-state index in [0.717, 1.165) is 11.1 Å². The molecule has 1 aromatic carbocycles. The molecule has 0 saturated carbocycles. The van der Waals surface area contributed by atoms with E-state index in [1.54, 1.807) is 24.3 Å². The highest BCUT2D eigenvalue weighted by Gasteiger charge is 2.12. The molecule has 0 heterocycles. The van der Waals surface area contributed by atoms with Gasteiger partial charge in [0, 0.05) is 5.92 Å². The highest BCUT2D eigenvalue weighted by molar-refractivity contribution is 5.68. The van der Waals surface area contributed by atoms with Crippen LogP contribution in [0.15, 0.2) is 35.9 Å². The molecule has 0 fully saturated rings. The highest BCUT2D eigenvalue weighted by atomic mass is 16.4. The van der Waals surface area contributed by atoms with Gasteiger partial charge in [0.25, 0.3) is 0 Å². The molecular formula is C13H16O3. The fourth-order valence-electron chi connectivity index (χ4n) is 1.59. The molecule has 0 aliphatic heterocycles. The molecule has 1 aromatic rings. The summed E-state index contributed by atoms with van der Waals surface area (Å²) in [4.78, 5) is 10.8. The molecule has 0 aromatic heterocycles. The lowest BCUT2D eigenvalue weighted by molar-refractivity contribution is -0.137. The maximum Gasteiger partial charge on any atom is 0.304 e. The van der Waals surface area contributed by atoms with Crippen LogP contribution in [0, 0.1) is 0 Å². The van der Waals surface area contributed by atoms with E-state index < -0.39 is 5.97 Å². The van der Waals surface area contributed by atoms with Gasteiger partial charge in [-0.15, -0.1) is 0 Å². The lowest BCUT2D eigenvalue weighted by atomic mass is 9.94. The molecule has 3 heteroatoms. The topological polar surface area (TPSA) is 57.5 Å². The Kier molecular flexibility index (Phi) is 4.11. The van der Waals surface area contributed by atoms with Gasteiger partial charge in [0.15, 0.2) is 0 Å². The van der Waals surface area contributed by atoms with Crippen LogP contribution >= 0.6 is 0 Å². The number of benzene rings is 1. The van der Waals surface area contributed by atoms with Crippen molar-refractivity contribution in [3.8, 4) is 5.75 Å². The Labute approximate surface area is 95.0 Å². The predicted octanol–water partition coefficient (Wildman–Crippen LogP) is 2.92. The minimum atomic E-state index is -0.824. The lowest BCUT2D eigenvalue weighted by Gasteiger charge is -2.11. The number of carbonyl (C=O) groups is 1. The molecule has 0 amide bonds. The summed E-state index contributed by atoms with van der Waals surface area (Å²) >= 11 is 0. The summed E-state index contributed by atoms with van der Waals surface area (Å²) in [5, 5.41) is 18.0. The summed E-state index contributed by atoms with van der Waals surface area (Å²) in [6.45, 7) is 3.88. The zero-order valence-corrected chi connectivity index (χ0v) is 9.47. The van der Waals surface area contributed by atoms with Crippen molar-refractivity contribution in [3.63, 3.8) is 0 Å². The molecule has 16 heavy (non-hydrogen) atoms. The SMILES string of the molecule is CC(C)=CC(CC(=O)O)c1ccc(O)cc1. The lowest BCUT2D eigenvalue weighted by Crippen LogP contribution is -2.04. The van der Waals surface area contributed by atoms with Gasteiger partial charge in [0.1, 0.15) is 5.75 Å². The van der Waals surface area contributed by atoms with Crippen LogP contribution in [-0.2, 0) is 4.79 Å². The van der Waals surface area contributed by atoms with Gasteiger partial charge < -0.3 is 10.2 Å². The van der Waals surface area contributed by atoms with E-state index in [2.05, 4.69) is 0 Å². The van der Waals surface area contributed by atoms with E-state index in [1.165, 1.54) is 0 Å². The van der Waals surface area contributed by atoms with Gasteiger partial charge in [-0.2, -0.15) is 0 Å². The average Bonchev–Trinajstić information content (AvgIpc) is 2.16. The van der Waals surface area contributed by atoms with E-state index in [-0.39, 0.29) is 18.1 Å². The maximum atomic E-state index is 10.8. The normalized spacial score (nSPS) is 11.9. The molecule has 1 rings (SSSR count). The Bertz CT molecular complexity index is 386. The highest BCUT2D eigenvalue weighted by Crippen LogP contribution is 2.24. The average molecular weight is 220 g/mol. The van der Waals surface area contributed by atoms with Crippen molar-refractivity contribution in [1.82, 2.24) is 0 Å². The summed E-state index contributed by atoms with van der Waals surface area (Å²) in [5.41, 5.74) is 1.99. The van der Waals surface area contributed by atoms with E-state index in [9.17, 15) is 9.90 Å². The minimum Gasteiger partial charge on any atom is -0.508 e. The molecule has 1 atom stereocenters. The van der Waals surface area contributed by atoms with Gasteiger partial charge in [0.2, 0.25) is 0 Å². The third-order valence-corrected chi connectivity index (χ3v) is 2.25. The number of rotatable bonds is 4. The monoisotopic (exact) mass is 220 g/mol. The summed E-state index contributed by atoms with van der Waals surface area (Å²) in [6.07, 6.45) is 2.00.